The van der Waals surface area contributed by atoms with E-state index in [0.29, 0.717) is 12.7 Å². The summed E-state index contributed by atoms with van der Waals surface area (Å²) in [5, 5.41) is 8.86. The molecular weight excluding hydrogens is 234 g/mol. The highest BCUT2D eigenvalue weighted by Crippen LogP contribution is 2.29. The minimum absolute atomic E-state index is 0.425. The topological polar surface area (TPSA) is 33.0 Å². The Balaban J connectivity index is 1.90. The average Bonchev–Trinajstić information content (AvgIpc) is 2.46. The molecule has 2 atom stereocenters. The molecule has 1 fully saturated rings. The third-order valence-electron chi connectivity index (χ3n) is 4.26. The molecule has 1 aliphatic carbocycles. The van der Waals surface area contributed by atoms with Gasteiger partial charge in [-0.1, -0.05) is 32.3 Å². The second-order valence-corrected chi connectivity index (χ2v) is 5.63. The first kappa shape index (κ1) is 14.1. The molecule has 1 aliphatic rings. The zero-order chi connectivity index (χ0) is 13.7. The van der Waals surface area contributed by atoms with Crippen molar-refractivity contribution in [3.05, 3.63) is 34.9 Å². The van der Waals surface area contributed by atoms with E-state index in [2.05, 4.69) is 19.9 Å². The Morgan fingerprint density at radius 3 is 2.89 bits per heavy atom. The Bertz CT molecular complexity index is 461. The van der Waals surface area contributed by atoms with Gasteiger partial charge in [0.2, 0.25) is 0 Å². The van der Waals surface area contributed by atoms with Gasteiger partial charge in [0.1, 0.15) is 0 Å². The van der Waals surface area contributed by atoms with Crippen molar-refractivity contribution in [1.82, 2.24) is 0 Å². The Hall–Kier alpha value is -1.33. The number of benzene rings is 1. The predicted octanol–water partition coefficient (Wildman–Crippen LogP) is 4.35. The van der Waals surface area contributed by atoms with Crippen LogP contribution in [0.3, 0.4) is 0 Å². The first-order valence-electron chi connectivity index (χ1n) is 7.34. The van der Waals surface area contributed by atoms with Gasteiger partial charge in [-0.05, 0) is 48.9 Å². The highest BCUT2D eigenvalue weighted by Gasteiger charge is 2.21. The summed E-state index contributed by atoms with van der Waals surface area (Å²) in [5.74, 6) is 0.848. The number of hydrogen-bond donors (Lipinski definition) is 0. The van der Waals surface area contributed by atoms with Crippen LogP contribution in [0.1, 0.15) is 55.7 Å². The van der Waals surface area contributed by atoms with Gasteiger partial charge in [-0.2, -0.15) is 5.26 Å². The number of nitriles is 1. The summed E-state index contributed by atoms with van der Waals surface area (Å²) in [7, 11) is 0. The summed E-state index contributed by atoms with van der Waals surface area (Å²) >= 11 is 0. The number of nitrogens with zero attached hydrogens (tertiary/aromatic N) is 1. The lowest BCUT2D eigenvalue weighted by Gasteiger charge is -2.28. The van der Waals surface area contributed by atoms with E-state index in [1.54, 1.807) is 0 Å². The van der Waals surface area contributed by atoms with Crippen molar-refractivity contribution < 1.29 is 4.74 Å². The summed E-state index contributed by atoms with van der Waals surface area (Å²) < 4.78 is 6.07. The molecule has 0 amide bonds. The van der Waals surface area contributed by atoms with Crippen LogP contribution < -0.4 is 0 Å². The van der Waals surface area contributed by atoms with E-state index in [1.165, 1.54) is 37.7 Å². The van der Waals surface area contributed by atoms with E-state index >= 15 is 0 Å². The van der Waals surface area contributed by atoms with Crippen LogP contribution in [0.4, 0.5) is 0 Å². The quantitative estimate of drug-likeness (QED) is 0.803. The lowest BCUT2D eigenvalue weighted by molar-refractivity contribution is 0.00158. The van der Waals surface area contributed by atoms with E-state index in [9.17, 15) is 0 Å². The molecule has 0 aliphatic heterocycles. The van der Waals surface area contributed by atoms with Gasteiger partial charge in [-0.3, -0.25) is 0 Å². The molecule has 0 radical (unpaired) electrons. The predicted molar refractivity (Wildman–Crippen MR) is 76.7 cm³/mol. The molecule has 2 rings (SSSR count). The molecule has 2 nitrogen and oxygen atoms in total. The standard InChI is InChI=1S/C17H23NO/c1-3-14-5-4-6-17(10-14)19-12-16-8-7-15(11-18)9-13(16)2/h7-9,14,17H,3-6,10,12H2,1-2H3. The summed E-state index contributed by atoms with van der Waals surface area (Å²) in [6.45, 7) is 5.01. The van der Waals surface area contributed by atoms with Crippen LogP contribution in [-0.2, 0) is 11.3 Å². The maximum atomic E-state index is 8.86. The molecule has 0 bridgehead atoms. The molecule has 1 saturated carbocycles. The van der Waals surface area contributed by atoms with E-state index < -0.39 is 0 Å². The minimum Gasteiger partial charge on any atom is -0.374 e. The van der Waals surface area contributed by atoms with Crippen LogP contribution in [0.25, 0.3) is 0 Å². The zero-order valence-corrected chi connectivity index (χ0v) is 12.0. The maximum absolute atomic E-state index is 8.86. The molecular formula is C17H23NO. The smallest absolute Gasteiger partial charge is 0.0991 e. The lowest BCUT2D eigenvalue weighted by Crippen LogP contribution is -2.22. The maximum Gasteiger partial charge on any atom is 0.0991 e. The number of ether oxygens (including phenoxy) is 1. The van der Waals surface area contributed by atoms with Crippen molar-refractivity contribution in [2.45, 2.75) is 58.7 Å². The molecule has 102 valence electrons. The fraction of sp³-hybridized carbons (Fsp3) is 0.588. The molecule has 0 saturated heterocycles. The van der Waals surface area contributed by atoms with Crippen molar-refractivity contribution >= 4 is 0 Å². The van der Waals surface area contributed by atoms with Crippen LogP contribution >= 0.6 is 0 Å². The van der Waals surface area contributed by atoms with Gasteiger partial charge in [0.25, 0.3) is 0 Å². The fourth-order valence-corrected chi connectivity index (χ4v) is 2.90. The molecule has 1 aromatic rings. The van der Waals surface area contributed by atoms with Crippen LogP contribution in [0.15, 0.2) is 18.2 Å². The second-order valence-electron chi connectivity index (χ2n) is 5.63. The van der Waals surface area contributed by atoms with E-state index in [-0.39, 0.29) is 0 Å². The largest absolute Gasteiger partial charge is 0.374 e. The molecule has 1 aromatic carbocycles. The highest BCUT2D eigenvalue weighted by molar-refractivity contribution is 5.37. The van der Waals surface area contributed by atoms with Crippen molar-refractivity contribution in [3.8, 4) is 6.07 Å². The molecule has 0 N–H and O–H groups in total. The SMILES string of the molecule is CCC1CCCC(OCc2ccc(C#N)cc2C)C1. The Morgan fingerprint density at radius 1 is 1.37 bits per heavy atom. The molecule has 2 unspecified atom stereocenters. The number of rotatable bonds is 4. The van der Waals surface area contributed by atoms with Crippen molar-refractivity contribution in [2.75, 3.05) is 0 Å². The van der Waals surface area contributed by atoms with Gasteiger partial charge in [-0.15, -0.1) is 0 Å². The molecule has 0 spiro atoms. The van der Waals surface area contributed by atoms with Gasteiger partial charge in [0.15, 0.2) is 0 Å². The number of hydrogen-bond acceptors (Lipinski definition) is 2. The van der Waals surface area contributed by atoms with Crippen molar-refractivity contribution in [1.29, 1.82) is 5.26 Å². The van der Waals surface area contributed by atoms with Crippen molar-refractivity contribution in [2.24, 2.45) is 5.92 Å². The van der Waals surface area contributed by atoms with Gasteiger partial charge in [-0.25, -0.2) is 0 Å². The monoisotopic (exact) mass is 257 g/mol. The average molecular weight is 257 g/mol. The Kier molecular flexibility index (Phi) is 4.99. The Labute approximate surface area is 116 Å². The van der Waals surface area contributed by atoms with Crippen LogP contribution in [0, 0.1) is 24.2 Å². The summed E-state index contributed by atoms with van der Waals surface area (Å²) in [5.41, 5.74) is 3.09. The summed E-state index contributed by atoms with van der Waals surface area (Å²) in [6, 6.07) is 8.01. The highest BCUT2D eigenvalue weighted by atomic mass is 16.5. The van der Waals surface area contributed by atoms with E-state index in [1.807, 2.05) is 18.2 Å². The van der Waals surface area contributed by atoms with Crippen LogP contribution in [0.2, 0.25) is 0 Å². The third kappa shape index (κ3) is 3.81. The summed E-state index contributed by atoms with van der Waals surface area (Å²) in [4.78, 5) is 0. The third-order valence-corrected chi connectivity index (χ3v) is 4.26. The molecule has 19 heavy (non-hydrogen) atoms. The van der Waals surface area contributed by atoms with Gasteiger partial charge >= 0.3 is 0 Å². The van der Waals surface area contributed by atoms with Gasteiger partial charge < -0.3 is 4.74 Å². The van der Waals surface area contributed by atoms with Crippen molar-refractivity contribution in [3.63, 3.8) is 0 Å². The summed E-state index contributed by atoms with van der Waals surface area (Å²) in [6.07, 6.45) is 6.78. The number of aryl methyl sites for hydroxylation is 1. The molecule has 0 heterocycles. The van der Waals surface area contributed by atoms with E-state index in [0.717, 1.165) is 17.0 Å². The lowest BCUT2D eigenvalue weighted by atomic mass is 9.85. The normalized spacial score (nSPS) is 23.0. The Morgan fingerprint density at radius 2 is 2.21 bits per heavy atom. The first-order chi connectivity index (χ1) is 9.22. The van der Waals surface area contributed by atoms with Gasteiger partial charge in [0, 0.05) is 0 Å². The minimum atomic E-state index is 0.425. The molecule has 0 aromatic heterocycles. The van der Waals surface area contributed by atoms with Crippen LogP contribution in [0.5, 0.6) is 0 Å². The molecule has 2 heteroatoms. The first-order valence-corrected chi connectivity index (χ1v) is 7.34. The zero-order valence-electron chi connectivity index (χ0n) is 12.0. The van der Waals surface area contributed by atoms with Crippen LogP contribution in [-0.4, -0.2) is 6.10 Å². The van der Waals surface area contributed by atoms with Gasteiger partial charge in [0.05, 0.1) is 24.3 Å². The fourth-order valence-electron chi connectivity index (χ4n) is 2.90. The van der Waals surface area contributed by atoms with E-state index in [4.69, 9.17) is 10.00 Å². The second kappa shape index (κ2) is 6.73.